The number of pyridine rings is 2. The number of para-hydroxylation sites is 1. The highest BCUT2D eigenvalue weighted by molar-refractivity contribution is 6.05. The third-order valence-electron chi connectivity index (χ3n) is 5.00. The molecular weight excluding hydrogens is 414 g/mol. The Morgan fingerprint density at radius 3 is 2.39 bits per heavy atom. The molecule has 33 heavy (non-hydrogen) atoms. The number of anilines is 1. The van der Waals surface area contributed by atoms with Gasteiger partial charge in [0.05, 0.1) is 11.9 Å². The maximum absolute atomic E-state index is 12.9. The molecule has 1 N–H and O–H groups in total. The Morgan fingerprint density at radius 2 is 1.67 bits per heavy atom. The third kappa shape index (κ3) is 5.54. The maximum atomic E-state index is 12.9. The van der Waals surface area contributed by atoms with Gasteiger partial charge >= 0.3 is 0 Å². The lowest BCUT2D eigenvalue weighted by atomic mass is 10.0. The van der Waals surface area contributed by atoms with Crippen LogP contribution in [0.3, 0.4) is 0 Å². The number of hydrogen-bond acceptors (Lipinski definition) is 5. The molecule has 2 aromatic heterocycles. The van der Waals surface area contributed by atoms with E-state index in [9.17, 15) is 4.79 Å². The van der Waals surface area contributed by atoms with E-state index in [1.165, 1.54) is 0 Å². The normalized spacial score (nSPS) is 10.7. The van der Waals surface area contributed by atoms with Crippen LogP contribution in [0.1, 0.15) is 41.3 Å². The van der Waals surface area contributed by atoms with E-state index in [1.54, 1.807) is 36.7 Å². The van der Waals surface area contributed by atoms with Crippen LogP contribution in [-0.2, 0) is 0 Å². The number of benzene rings is 2. The Kier molecular flexibility index (Phi) is 6.64. The van der Waals surface area contributed by atoms with E-state index < -0.39 is 0 Å². The molecule has 4 rings (SSSR count). The first-order chi connectivity index (χ1) is 16.0. The van der Waals surface area contributed by atoms with Gasteiger partial charge in [0.1, 0.15) is 17.1 Å². The number of ether oxygens (including phenoxy) is 2. The van der Waals surface area contributed by atoms with E-state index in [-0.39, 0.29) is 11.8 Å². The fourth-order valence-corrected chi connectivity index (χ4v) is 3.24. The van der Waals surface area contributed by atoms with Gasteiger partial charge in [-0.1, -0.05) is 49.7 Å². The second-order valence-electron chi connectivity index (χ2n) is 7.91. The van der Waals surface area contributed by atoms with E-state index in [0.717, 1.165) is 16.9 Å². The van der Waals surface area contributed by atoms with Crippen molar-refractivity contribution in [2.45, 2.75) is 26.7 Å². The van der Waals surface area contributed by atoms with E-state index in [4.69, 9.17) is 9.47 Å². The fourth-order valence-electron chi connectivity index (χ4n) is 3.24. The van der Waals surface area contributed by atoms with Gasteiger partial charge in [-0.25, -0.2) is 9.97 Å². The summed E-state index contributed by atoms with van der Waals surface area (Å²) in [7, 11) is 0. The molecular formula is C27H25N3O3. The molecule has 2 heterocycles. The van der Waals surface area contributed by atoms with Crippen LogP contribution in [0.4, 0.5) is 5.69 Å². The molecule has 166 valence electrons. The molecule has 0 aliphatic heterocycles. The van der Waals surface area contributed by atoms with Crippen LogP contribution in [0.25, 0.3) is 0 Å². The molecule has 0 saturated carbocycles. The molecule has 4 aromatic rings. The van der Waals surface area contributed by atoms with Gasteiger partial charge in [-0.2, -0.15) is 0 Å². The quantitative estimate of drug-likeness (QED) is 0.345. The van der Waals surface area contributed by atoms with Gasteiger partial charge in [0.2, 0.25) is 11.8 Å². The summed E-state index contributed by atoms with van der Waals surface area (Å²) in [6, 6.07) is 22.3. The van der Waals surface area contributed by atoms with E-state index in [1.807, 2.05) is 55.5 Å². The highest BCUT2D eigenvalue weighted by atomic mass is 16.5. The standard InChI is InChI=1S/C27H25N3O3/c1-18(2)22-7-4-5-9-24(22)33-25-15-12-20(17-29-25)30-26(31)23-8-6-16-28-27(23)32-21-13-10-19(3)11-14-21/h4-18H,1-3H3,(H,30,31). The number of nitrogens with zero attached hydrogens (tertiary/aromatic N) is 2. The predicted octanol–water partition coefficient (Wildman–Crippen LogP) is 6.75. The highest BCUT2D eigenvalue weighted by Gasteiger charge is 2.15. The van der Waals surface area contributed by atoms with Gasteiger partial charge in [0, 0.05) is 12.3 Å². The number of amides is 1. The second kappa shape index (κ2) is 9.96. The van der Waals surface area contributed by atoms with E-state index in [0.29, 0.717) is 28.8 Å². The Balaban J connectivity index is 1.46. The van der Waals surface area contributed by atoms with Gasteiger partial charge < -0.3 is 14.8 Å². The van der Waals surface area contributed by atoms with Gasteiger partial charge in [-0.15, -0.1) is 0 Å². The van der Waals surface area contributed by atoms with Crippen LogP contribution < -0.4 is 14.8 Å². The minimum atomic E-state index is -0.342. The summed E-state index contributed by atoms with van der Waals surface area (Å²) in [5, 5.41) is 2.84. The molecule has 1 amide bonds. The monoisotopic (exact) mass is 439 g/mol. The maximum Gasteiger partial charge on any atom is 0.261 e. The number of carbonyl (C=O) groups excluding carboxylic acids is 1. The van der Waals surface area contributed by atoms with Crippen LogP contribution in [0.15, 0.2) is 85.2 Å². The average Bonchev–Trinajstić information content (AvgIpc) is 2.82. The second-order valence-corrected chi connectivity index (χ2v) is 7.91. The smallest absolute Gasteiger partial charge is 0.261 e. The van der Waals surface area contributed by atoms with Gasteiger partial charge in [0.25, 0.3) is 5.91 Å². The molecule has 0 aliphatic rings. The highest BCUT2D eigenvalue weighted by Crippen LogP contribution is 2.30. The molecule has 0 spiro atoms. The zero-order valence-electron chi connectivity index (χ0n) is 18.8. The van der Waals surface area contributed by atoms with Crippen molar-refractivity contribution in [3.63, 3.8) is 0 Å². The first-order valence-electron chi connectivity index (χ1n) is 10.7. The topological polar surface area (TPSA) is 73.3 Å². The van der Waals surface area contributed by atoms with Gasteiger partial charge in [0.15, 0.2) is 0 Å². The van der Waals surface area contributed by atoms with Crippen molar-refractivity contribution in [2.75, 3.05) is 5.32 Å². The fraction of sp³-hybridized carbons (Fsp3) is 0.148. The molecule has 0 atom stereocenters. The van der Waals surface area contributed by atoms with Crippen molar-refractivity contribution in [3.8, 4) is 23.3 Å². The number of aromatic nitrogens is 2. The van der Waals surface area contributed by atoms with Crippen LogP contribution >= 0.6 is 0 Å². The third-order valence-corrected chi connectivity index (χ3v) is 5.00. The summed E-state index contributed by atoms with van der Waals surface area (Å²) in [5.74, 6) is 2.05. The summed E-state index contributed by atoms with van der Waals surface area (Å²) >= 11 is 0. The van der Waals surface area contributed by atoms with Crippen molar-refractivity contribution in [1.29, 1.82) is 0 Å². The first-order valence-corrected chi connectivity index (χ1v) is 10.7. The summed E-state index contributed by atoms with van der Waals surface area (Å²) in [4.78, 5) is 21.4. The minimum Gasteiger partial charge on any atom is -0.439 e. The van der Waals surface area contributed by atoms with E-state index >= 15 is 0 Å². The van der Waals surface area contributed by atoms with Crippen molar-refractivity contribution in [1.82, 2.24) is 9.97 Å². The molecule has 0 unspecified atom stereocenters. The Hall–Kier alpha value is -4.19. The van der Waals surface area contributed by atoms with Crippen LogP contribution in [0, 0.1) is 6.92 Å². The van der Waals surface area contributed by atoms with Crippen LogP contribution in [0.5, 0.6) is 23.3 Å². The average molecular weight is 440 g/mol. The summed E-state index contributed by atoms with van der Waals surface area (Å²) in [6.45, 7) is 6.23. The molecule has 6 heteroatoms. The number of rotatable bonds is 7. The van der Waals surface area contributed by atoms with Crippen LogP contribution in [-0.4, -0.2) is 15.9 Å². The zero-order valence-corrected chi connectivity index (χ0v) is 18.8. The summed E-state index contributed by atoms with van der Waals surface area (Å²) in [6.07, 6.45) is 3.14. The zero-order chi connectivity index (χ0) is 23.2. The summed E-state index contributed by atoms with van der Waals surface area (Å²) < 4.78 is 11.8. The predicted molar refractivity (Wildman–Crippen MR) is 128 cm³/mol. The number of hydrogen-bond donors (Lipinski definition) is 1. The Morgan fingerprint density at radius 1 is 0.879 bits per heavy atom. The minimum absolute atomic E-state index is 0.233. The number of aryl methyl sites for hydroxylation is 1. The van der Waals surface area contributed by atoms with Crippen molar-refractivity contribution < 1.29 is 14.3 Å². The lowest BCUT2D eigenvalue weighted by molar-refractivity contribution is 0.102. The molecule has 6 nitrogen and oxygen atoms in total. The van der Waals surface area contributed by atoms with Crippen LogP contribution in [0.2, 0.25) is 0 Å². The van der Waals surface area contributed by atoms with Crippen molar-refractivity contribution >= 4 is 11.6 Å². The van der Waals surface area contributed by atoms with Gasteiger partial charge in [-0.05, 0) is 54.8 Å². The SMILES string of the molecule is Cc1ccc(Oc2ncccc2C(=O)Nc2ccc(Oc3ccccc3C(C)C)nc2)cc1. The summed E-state index contributed by atoms with van der Waals surface area (Å²) in [5.41, 5.74) is 3.09. The lowest BCUT2D eigenvalue weighted by Gasteiger charge is -2.13. The number of carbonyl (C=O) groups is 1. The lowest BCUT2D eigenvalue weighted by Crippen LogP contribution is -2.13. The molecule has 0 bridgehead atoms. The van der Waals surface area contributed by atoms with Crippen molar-refractivity contribution in [3.05, 3.63) is 102 Å². The van der Waals surface area contributed by atoms with E-state index in [2.05, 4.69) is 29.1 Å². The first kappa shape index (κ1) is 22.0. The molecule has 0 radical (unpaired) electrons. The Bertz CT molecular complexity index is 1240. The van der Waals surface area contributed by atoms with Crippen molar-refractivity contribution in [2.24, 2.45) is 0 Å². The largest absolute Gasteiger partial charge is 0.439 e. The Labute approximate surface area is 193 Å². The molecule has 2 aromatic carbocycles. The number of nitrogens with one attached hydrogen (secondary N) is 1. The molecule has 0 fully saturated rings. The van der Waals surface area contributed by atoms with Gasteiger partial charge in [-0.3, -0.25) is 4.79 Å². The molecule has 0 saturated heterocycles. The molecule has 0 aliphatic carbocycles.